The molecule has 2 heterocycles. The molecule has 7 nitrogen and oxygen atoms in total. The largest absolute Gasteiger partial charge is 0.483 e. The van der Waals surface area contributed by atoms with E-state index in [0.29, 0.717) is 40.6 Å². The number of fused-ring (bicyclic) bond motifs is 1. The number of amides is 1. The Morgan fingerprint density at radius 1 is 1.26 bits per heavy atom. The Labute approximate surface area is 203 Å². The lowest BCUT2D eigenvalue weighted by molar-refractivity contribution is -0.108. The second-order valence-corrected chi connectivity index (χ2v) is 9.15. The molecule has 1 atom stereocenters. The van der Waals surface area contributed by atoms with Crippen LogP contribution >= 0.6 is 22.9 Å². The van der Waals surface area contributed by atoms with Gasteiger partial charge in [-0.3, -0.25) is 9.69 Å². The highest BCUT2D eigenvalue weighted by Crippen LogP contribution is 2.40. The van der Waals surface area contributed by atoms with Crippen molar-refractivity contribution in [3.8, 4) is 5.75 Å². The first kappa shape index (κ1) is 24.8. The summed E-state index contributed by atoms with van der Waals surface area (Å²) in [4.78, 5) is 13.8. The number of aliphatic hydroxyl groups excluding tert-OH is 1. The zero-order chi connectivity index (χ0) is 24.2. The molecule has 3 aromatic rings. The number of benzene rings is 2. The van der Waals surface area contributed by atoms with Crippen LogP contribution in [0.25, 0.3) is 10.1 Å². The lowest BCUT2D eigenvalue weighted by Gasteiger charge is -2.26. The molecule has 2 aromatic carbocycles. The van der Waals surface area contributed by atoms with E-state index < -0.39 is 29.6 Å². The Morgan fingerprint density at radius 2 is 1.97 bits per heavy atom. The molecule has 4 rings (SSSR count). The number of halogens is 3. The molecule has 1 amide bonds. The standard InChI is InChI=1S/C23H23ClF2N2O5S/c24-15-2-1-3-18-19(15)14(12-33-20-16(25)10-13(22(27)29)11-17(20)26)21(34-18)23(30)32-9-6-28-4-7-31-8-5-28/h1-3,10-11,23,30H,4-9,12H2,(H2,27,29)/t23-/m0/s1. The third kappa shape index (κ3) is 5.48. The van der Waals surface area contributed by atoms with Crippen LogP contribution in [0.15, 0.2) is 30.3 Å². The number of hydrogen-bond donors (Lipinski definition) is 2. The molecule has 3 N–H and O–H groups in total. The maximum atomic E-state index is 14.4. The maximum Gasteiger partial charge on any atom is 0.248 e. The molecule has 1 saturated heterocycles. The van der Waals surface area contributed by atoms with Crippen LogP contribution in [0.1, 0.15) is 27.1 Å². The van der Waals surface area contributed by atoms with E-state index >= 15 is 0 Å². The first-order valence-corrected chi connectivity index (χ1v) is 11.8. The number of hydrogen-bond acceptors (Lipinski definition) is 7. The number of carbonyl (C=O) groups excluding carboxylic acids is 1. The lowest BCUT2D eigenvalue weighted by Crippen LogP contribution is -2.38. The van der Waals surface area contributed by atoms with Gasteiger partial charge in [0.15, 0.2) is 23.7 Å². The Morgan fingerprint density at radius 3 is 2.65 bits per heavy atom. The lowest BCUT2D eigenvalue weighted by atomic mass is 10.1. The predicted molar refractivity (Wildman–Crippen MR) is 124 cm³/mol. The number of rotatable bonds is 9. The van der Waals surface area contributed by atoms with Gasteiger partial charge in [-0.1, -0.05) is 17.7 Å². The molecule has 1 aliphatic heterocycles. The summed E-state index contributed by atoms with van der Waals surface area (Å²) in [5.74, 6) is -3.75. The van der Waals surface area contributed by atoms with Crippen LogP contribution in [0.3, 0.4) is 0 Å². The van der Waals surface area contributed by atoms with Crippen LogP contribution in [-0.2, 0) is 16.1 Å². The first-order chi connectivity index (χ1) is 16.3. The summed E-state index contributed by atoms with van der Waals surface area (Å²) < 4.78 is 46.0. The van der Waals surface area contributed by atoms with Crippen molar-refractivity contribution in [3.63, 3.8) is 0 Å². The van der Waals surface area contributed by atoms with Crippen LogP contribution in [0, 0.1) is 11.6 Å². The van der Waals surface area contributed by atoms with Gasteiger partial charge in [0.1, 0.15) is 6.61 Å². The summed E-state index contributed by atoms with van der Waals surface area (Å²) in [5, 5.41) is 11.8. The molecule has 34 heavy (non-hydrogen) atoms. The van der Waals surface area contributed by atoms with Crippen molar-refractivity contribution in [2.75, 3.05) is 39.5 Å². The average Bonchev–Trinajstić information content (AvgIpc) is 3.19. The Bertz CT molecular complexity index is 1160. The molecule has 182 valence electrons. The molecule has 0 unspecified atom stereocenters. The molecule has 0 aliphatic carbocycles. The number of nitrogens with two attached hydrogens (primary N) is 1. The first-order valence-electron chi connectivity index (χ1n) is 10.6. The van der Waals surface area contributed by atoms with E-state index in [1.165, 1.54) is 11.3 Å². The molecule has 0 spiro atoms. The van der Waals surface area contributed by atoms with E-state index in [0.717, 1.165) is 29.9 Å². The minimum atomic E-state index is -1.28. The summed E-state index contributed by atoms with van der Waals surface area (Å²) in [5.41, 5.74) is 5.25. The molecule has 1 fully saturated rings. The van der Waals surface area contributed by atoms with Crippen LogP contribution in [0.5, 0.6) is 5.75 Å². The normalized spacial score (nSPS) is 15.5. The van der Waals surface area contributed by atoms with E-state index in [1.807, 2.05) is 6.07 Å². The summed E-state index contributed by atoms with van der Waals surface area (Å²) in [6.07, 6.45) is -1.28. The van der Waals surface area contributed by atoms with Crippen molar-refractivity contribution < 1.29 is 32.9 Å². The number of nitrogens with zero attached hydrogens (tertiary/aromatic N) is 1. The van der Waals surface area contributed by atoms with E-state index in [2.05, 4.69) is 4.90 Å². The summed E-state index contributed by atoms with van der Waals surface area (Å²) >= 11 is 7.66. The number of ether oxygens (including phenoxy) is 3. The summed E-state index contributed by atoms with van der Waals surface area (Å²) in [7, 11) is 0. The molecular weight excluding hydrogens is 490 g/mol. The van der Waals surface area contributed by atoms with Crippen LogP contribution in [-0.4, -0.2) is 55.4 Å². The van der Waals surface area contributed by atoms with Gasteiger partial charge < -0.3 is 25.1 Å². The zero-order valence-electron chi connectivity index (χ0n) is 18.1. The smallest absolute Gasteiger partial charge is 0.248 e. The van der Waals surface area contributed by atoms with Gasteiger partial charge in [0.25, 0.3) is 0 Å². The minimum absolute atomic E-state index is 0.279. The van der Waals surface area contributed by atoms with Crippen molar-refractivity contribution in [3.05, 3.63) is 63.0 Å². The minimum Gasteiger partial charge on any atom is -0.483 e. The number of morpholine rings is 1. The number of thiophene rings is 1. The van der Waals surface area contributed by atoms with Crippen molar-refractivity contribution in [1.82, 2.24) is 4.90 Å². The van der Waals surface area contributed by atoms with Crippen LogP contribution in [0.2, 0.25) is 5.02 Å². The van der Waals surface area contributed by atoms with E-state index in [4.69, 9.17) is 31.5 Å². The zero-order valence-corrected chi connectivity index (χ0v) is 19.6. The SMILES string of the molecule is NC(=O)c1cc(F)c(OCc2c([C@@H](O)OCCN3CCOCC3)sc3cccc(Cl)c23)c(F)c1. The Kier molecular flexibility index (Phi) is 7.97. The second-order valence-electron chi connectivity index (χ2n) is 7.66. The number of aliphatic hydroxyl groups is 1. The van der Waals surface area contributed by atoms with Crippen molar-refractivity contribution in [2.24, 2.45) is 5.73 Å². The fourth-order valence-electron chi connectivity index (χ4n) is 3.71. The average molecular weight is 513 g/mol. The van der Waals surface area contributed by atoms with E-state index in [1.54, 1.807) is 12.1 Å². The third-order valence-electron chi connectivity index (χ3n) is 5.45. The van der Waals surface area contributed by atoms with Gasteiger partial charge in [-0.2, -0.15) is 0 Å². The monoisotopic (exact) mass is 512 g/mol. The molecule has 0 saturated carbocycles. The highest BCUT2D eigenvalue weighted by molar-refractivity contribution is 7.19. The number of primary amides is 1. The Hall–Kier alpha value is -2.34. The fourth-order valence-corrected chi connectivity index (χ4v) is 5.22. The quantitative estimate of drug-likeness (QED) is 0.423. The van der Waals surface area contributed by atoms with E-state index in [9.17, 15) is 18.7 Å². The molecule has 11 heteroatoms. The molecule has 0 bridgehead atoms. The molecule has 1 aromatic heterocycles. The second kappa shape index (κ2) is 10.9. The van der Waals surface area contributed by atoms with Crippen molar-refractivity contribution >= 4 is 38.9 Å². The van der Waals surface area contributed by atoms with Gasteiger partial charge >= 0.3 is 0 Å². The fraction of sp³-hybridized carbons (Fsp3) is 0.348. The van der Waals surface area contributed by atoms with E-state index in [-0.39, 0.29) is 18.8 Å². The topological polar surface area (TPSA) is 94.3 Å². The van der Waals surface area contributed by atoms with Crippen LogP contribution in [0.4, 0.5) is 8.78 Å². The van der Waals surface area contributed by atoms with Gasteiger partial charge in [-0.15, -0.1) is 11.3 Å². The number of carbonyl (C=O) groups is 1. The van der Waals surface area contributed by atoms with Gasteiger partial charge in [0.2, 0.25) is 5.91 Å². The molecule has 0 radical (unpaired) electrons. The Balaban J connectivity index is 1.55. The van der Waals surface area contributed by atoms with Crippen LogP contribution < -0.4 is 10.5 Å². The van der Waals surface area contributed by atoms with Crippen molar-refractivity contribution in [1.29, 1.82) is 0 Å². The van der Waals surface area contributed by atoms with Gasteiger partial charge in [-0.25, -0.2) is 8.78 Å². The molecular formula is C23H23ClF2N2O5S. The summed E-state index contributed by atoms with van der Waals surface area (Å²) in [6, 6.07) is 6.89. The van der Waals surface area contributed by atoms with Crippen molar-refractivity contribution in [2.45, 2.75) is 12.9 Å². The third-order valence-corrected chi connectivity index (χ3v) is 6.99. The maximum absolute atomic E-state index is 14.4. The predicted octanol–water partition coefficient (Wildman–Crippen LogP) is 3.85. The highest BCUT2D eigenvalue weighted by Gasteiger charge is 2.23. The summed E-state index contributed by atoms with van der Waals surface area (Å²) in [6.45, 7) is 3.53. The molecule has 1 aliphatic rings. The van der Waals surface area contributed by atoms with Gasteiger partial charge in [0, 0.05) is 45.9 Å². The highest BCUT2D eigenvalue weighted by atomic mass is 35.5. The van der Waals surface area contributed by atoms with Gasteiger partial charge in [-0.05, 0) is 24.3 Å². The van der Waals surface area contributed by atoms with Gasteiger partial charge in [0.05, 0.1) is 24.7 Å².